The lowest BCUT2D eigenvalue weighted by molar-refractivity contribution is -0.137. The predicted molar refractivity (Wildman–Crippen MR) is 158 cm³/mol. The first-order valence-electron chi connectivity index (χ1n) is 14.6. The fraction of sp³-hybridized carbons (Fsp3) is 0.484. The molecule has 0 saturated carbocycles. The standard InChI is InChI=1S/C31H40N6O5/c1-18(2)22-14-20(15-23(19(3)4)29(22)42-17-28(39)33-13-6-5-12-32)35-36-25-9-7-8-21-24(25)16-37(31(21)41)26-10-11-27(38)34-30(26)40/h7-9,14-15,18-19,26H,5-6,10-13,16-17,32H2,1-4H3,(H,33,39)(H,34,38,40). The molecule has 2 heterocycles. The van der Waals surface area contributed by atoms with Crippen LogP contribution in [0.3, 0.4) is 0 Å². The van der Waals surface area contributed by atoms with Gasteiger partial charge in [0.15, 0.2) is 6.61 Å². The zero-order chi connectivity index (χ0) is 30.4. The highest BCUT2D eigenvalue weighted by Crippen LogP contribution is 2.40. The maximum atomic E-state index is 13.2. The van der Waals surface area contributed by atoms with Gasteiger partial charge in [-0.2, -0.15) is 10.2 Å². The second-order valence-corrected chi connectivity index (χ2v) is 11.3. The van der Waals surface area contributed by atoms with Crippen molar-refractivity contribution in [3.63, 3.8) is 0 Å². The van der Waals surface area contributed by atoms with Crippen molar-refractivity contribution < 1.29 is 23.9 Å². The van der Waals surface area contributed by atoms with E-state index in [9.17, 15) is 19.2 Å². The van der Waals surface area contributed by atoms with E-state index < -0.39 is 11.9 Å². The van der Waals surface area contributed by atoms with Gasteiger partial charge in [-0.1, -0.05) is 33.8 Å². The largest absolute Gasteiger partial charge is 0.483 e. The van der Waals surface area contributed by atoms with Crippen molar-refractivity contribution in [2.75, 3.05) is 19.7 Å². The molecule has 4 rings (SSSR count). The van der Waals surface area contributed by atoms with Crippen molar-refractivity contribution in [3.8, 4) is 5.75 Å². The van der Waals surface area contributed by atoms with Gasteiger partial charge in [-0.3, -0.25) is 24.5 Å². The smallest absolute Gasteiger partial charge is 0.257 e. The normalized spacial score (nSPS) is 16.9. The Morgan fingerprint density at radius 3 is 2.45 bits per heavy atom. The average molecular weight is 577 g/mol. The van der Waals surface area contributed by atoms with E-state index in [0.717, 1.165) is 24.0 Å². The van der Waals surface area contributed by atoms with Crippen LogP contribution >= 0.6 is 0 Å². The number of carbonyl (C=O) groups excluding carboxylic acids is 4. The minimum absolute atomic E-state index is 0.0865. The van der Waals surface area contributed by atoms with Crippen LogP contribution < -0.4 is 21.1 Å². The number of azo groups is 1. The Labute approximate surface area is 246 Å². The van der Waals surface area contributed by atoms with Crippen molar-refractivity contribution in [1.29, 1.82) is 0 Å². The number of nitrogens with one attached hydrogen (secondary N) is 2. The van der Waals surface area contributed by atoms with Gasteiger partial charge in [0.25, 0.3) is 11.8 Å². The number of nitrogens with zero attached hydrogens (tertiary/aromatic N) is 3. The molecule has 1 fully saturated rings. The van der Waals surface area contributed by atoms with Crippen molar-refractivity contribution in [2.24, 2.45) is 16.0 Å². The van der Waals surface area contributed by atoms with Gasteiger partial charge >= 0.3 is 0 Å². The Bertz CT molecular complexity index is 1360. The van der Waals surface area contributed by atoms with Gasteiger partial charge in [-0.25, -0.2) is 0 Å². The summed E-state index contributed by atoms with van der Waals surface area (Å²) >= 11 is 0. The molecule has 1 atom stereocenters. The van der Waals surface area contributed by atoms with E-state index in [1.54, 1.807) is 18.2 Å². The molecule has 0 bridgehead atoms. The van der Waals surface area contributed by atoms with Gasteiger partial charge in [-0.05, 0) is 73.0 Å². The lowest BCUT2D eigenvalue weighted by Crippen LogP contribution is -2.52. The van der Waals surface area contributed by atoms with Crippen LogP contribution in [0.1, 0.15) is 92.3 Å². The summed E-state index contributed by atoms with van der Waals surface area (Å²) in [4.78, 5) is 51.1. The molecule has 0 spiro atoms. The summed E-state index contributed by atoms with van der Waals surface area (Å²) in [6.07, 6.45) is 2.16. The maximum absolute atomic E-state index is 13.2. The Balaban J connectivity index is 1.56. The molecule has 2 aliphatic heterocycles. The highest BCUT2D eigenvalue weighted by atomic mass is 16.5. The fourth-order valence-electron chi connectivity index (χ4n) is 5.20. The second-order valence-electron chi connectivity index (χ2n) is 11.3. The summed E-state index contributed by atoms with van der Waals surface area (Å²) in [5.41, 5.74) is 9.70. The average Bonchev–Trinajstić information content (AvgIpc) is 3.29. The number of carbonyl (C=O) groups is 4. The molecule has 1 unspecified atom stereocenters. The lowest BCUT2D eigenvalue weighted by atomic mass is 9.93. The molecule has 42 heavy (non-hydrogen) atoms. The summed E-state index contributed by atoms with van der Waals surface area (Å²) < 4.78 is 6.08. The van der Waals surface area contributed by atoms with Crippen LogP contribution in [0.2, 0.25) is 0 Å². The maximum Gasteiger partial charge on any atom is 0.257 e. The van der Waals surface area contributed by atoms with Gasteiger partial charge in [0.05, 0.1) is 11.4 Å². The summed E-state index contributed by atoms with van der Waals surface area (Å²) in [7, 11) is 0. The third-order valence-electron chi connectivity index (χ3n) is 7.51. The van der Waals surface area contributed by atoms with Gasteiger partial charge in [0.1, 0.15) is 11.8 Å². The molecule has 4 N–H and O–H groups in total. The minimum atomic E-state index is -0.699. The molecule has 2 aliphatic rings. The molecule has 0 aromatic heterocycles. The number of hydrogen-bond donors (Lipinski definition) is 3. The number of unbranched alkanes of at least 4 members (excludes halogenated alkanes) is 1. The molecule has 11 heteroatoms. The second kappa shape index (κ2) is 13.7. The quantitative estimate of drug-likeness (QED) is 0.194. The Morgan fingerprint density at radius 2 is 1.81 bits per heavy atom. The van der Waals surface area contributed by atoms with E-state index in [-0.39, 0.29) is 49.1 Å². The minimum Gasteiger partial charge on any atom is -0.483 e. The molecule has 2 aromatic carbocycles. The van der Waals surface area contributed by atoms with Crippen molar-refractivity contribution in [2.45, 2.75) is 77.8 Å². The monoisotopic (exact) mass is 576 g/mol. The topological polar surface area (TPSA) is 156 Å². The molecule has 11 nitrogen and oxygen atoms in total. The SMILES string of the molecule is CC(C)c1cc(N=Nc2cccc3c2CN(C2CCC(=O)NC2=O)C3=O)cc(C(C)C)c1OCC(=O)NCCCCN. The summed E-state index contributed by atoms with van der Waals surface area (Å²) in [6, 6.07) is 8.39. The molecular formula is C31H40N6O5. The Kier molecular flexibility index (Phi) is 10.1. The number of hydrogen-bond acceptors (Lipinski definition) is 8. The third-order valence-corrected chi connectivity index (χ3v) is 7.51. The van der Waals surface area contributed by atoms with E-state index in [4.69, 9.17) is 10.5 Å². The number of fused-ring (bicyclic) bond motifs is 1. The first-order chi connectivity index (χ1) is 20.1. The number of nitrogens with two attached hydrogens (primary N) is 1. The molecule has 0 radical (unpaired) electrons. The van der Waals surface area contributed by atoms with Gasteiger partial charge < -0.3 is 20.7 Å². The number of imide groups is 1. The first kappa shape index (κ1) is 30.8. The number of benzene rings is 2. The van der Waals surface area contributed by atoms with Crippen molar-refractivity contribution >= 4 is 35.0 Å². The third kappa shape index (κ3) is 7.02. The van der Waals surface area contributed by atoms with Crippen LogP contribution in [0, 0.1) is 0 Å². The van der Waals surface area contributed by atoms with Crippen LogP contribution in [0.15, 0.2) is 40.6 Å². The van der Waals surface area contributed by atoms with E-state index in [2.05, 4.69) is 48.6 Å². The highest BCUT2D eigenvalue weighted by Gasteiger charge is 2.39. The molecular weight excluding hydrogens is 536 g/mol. The molecule has 2 aromatic rings. The van der Waals surface area contributed by atoms with Crippen LogP contribution in [0.4, 0.5) is 11.4 Å². The molecule has 224 valence electrons. The van der Waals surface area contributed by atoms with E-state index in [1.807, 2.05) is 12.1 Å². The van der Waals surface area contributed by atoms with Crippen molar-refractivity contribution in [3.05, 3.63) is 52.6 Å². The Morgan fingerprint density at radius 1 is 1.10 bits per heavy atom. The zero-order valence-corrected chi connectivity index (χ0v) is 24.7. The van der Waals surface area contributed by atoms with Crippen LogP contribution in [0.5, 0.6) is 5.75 Å². The summed E-state index contributed by atoms with van der Waals surface area (Å²) in [6.45, 7) is 9.50. The zero-order valence-electron chi connectivity index (χ0n) is 24.7. The van der Waals surface area contributed by atoms with Crippen LogP contribution in [-0.4, -0.2) is 54.3 Å². The molecule has 0 aliphatic carbocycles. The van der Waals surface area contributed by atoms with Gasteiger partial charge in [0, 0.05) is 30.6 Å². The predicted octanol–water partition coefficient (Wildman–Crippen LogP) is 4.34. The molecule has 1 saturated heterocycles. The fourth-order valence-corrected chi connectivity index (χ4v) is 5.20. The van der Waals surface area contributed by atoms with Gasteiger partial charge in [-0.15, -0.1) is 0 Å². The summed E-state index contributed by atoms with van der Waals surface area (Å²) in [5, 5.41) is 14.3. The lowest BCUT2D eigenvalue weighted by Gasteiger charge is -2.29. The molecule has 4 amide bonds. The van der Waals surface area contributed by atoms with Crippen LogP contribution in [0.25, 0.3) is 0 Å². The summed E-state index contributed by atoms with van der Waals surface area (Å²) in [5.74, 6) is -0.340. The number of amides is 4. The number of rotatable bonds is 12. The van der Waals surface area contributed by atoms with E-state index in [1.165, 1.54) is 4.90 Å². The number of ether oxygens (including phenoxy) is 1. The first-order valence-corrected chi connectivity index (χ1v) is 14.6. The Hall–Kier alpha value is -4.12. The van der Waals surface area contributed by atoms with E-state index >= 15 is 0 Å². The highest BCUT2D eigenvalue weighted by molar-refractivity contribution is 6.06. The van der Waals surface area contributed by atoms with Crippen LogP contribution in [-0.2, 0) is 20.9 Å². The van der Waals surface area contributed by atoms with Gasteiger partial charge in [0.2, 0.25) is 11.8 Å². The number of piperidine rings is 1. The van der Waals surface area contributed by atoms with E-state index in [0.29, 0.717) is 47.8 Å². The van der Waals surface area contributed by atoms with Crippen molar-refractivity contribution in [1.82, 2.24) is 15.5 Å².